The molecule has 1 aliphatic carbocycles. The van der Waals surface area contributed by atoms with Gasteiger partial charge in [-0.05, 0) is 57.4 Å². The topological polar surface area (TPSA) is 50.4 Å². The fourth-order valence-corrected chi connectivity index (χ4v) is 2.74. The number of anilines is 1. The molecule has 0 aliphatic heterocycles. The van der Waals surface area contributed by atoms with Crippen molar-refractivity contribution in [3.8, 4) is 0 Å². The van der Waals surface area contributed by atoms with Gasteiger partial charge in [0.2, 0.25) is 5.91 Å². The van der Waals surface area contributed by atoms with Crippen molar-refractivity contribution >= 4 is 11.6 Å². The van der Waals surface area contributed by atoms with Crippen LogP contribution in [0.1, 0.15) is 44.7 Å². The zero-order valence-electron chi connectivity index (χ0n) is 13.2. The third-order valence-corrected chi connectivity index (χ3v) is 4.17. The molecule has 0 spiro atoms. The summed E-state index contributed by atoms with van der Waals surface area (Å²) in [6.07, 6.45) is 2.98. The van der Waals surface area contributed by atoms with Crippen LogP contribution in [0.5, 0.6) is 0 Å². The lowest BCUT2D eigenvalue weighted by Gasteiger charge is -2.34. The summed E-state index contributed by atoms with van der Waals surface area (Å²) < 4.78 is 5.52. The summed E-state index contributed by atoms with van der Waals surface area (Å²) in [5.41, 5.74) is 2.05. The molecule has 1 amide bonds. The van der Waals surface area contributed by atoms with E-state index in [4.69, 9.17) is 4.74 Å². The molecular weight excluding hydrogens is 264 g/mol. The highest BCUT2D eigenvalue weighted by molar-refractivity contribution is 5.91. The lowest BCUT2D eigenvalue weighted by atomic mass is 9.80. The Morgan fingerprint density at radius 1 is 1.43 bits per heavy atom. The van der Waals surface area contributed by atoms with Crippen LogP contribution >= 0.6 is 0 Å². The Morgan fingerprint density at radius 3 is 2.86 bits per heavy atom. The second-order valence-electron chi connectivity index (χ2n) is 5.80. The minimum atomic E-state index is 0.101. The van der Waals surface area contributed by atoms with Gasteiger partial charge in [0.05, 0.1) is 6.10 Å². The molecule has 21 heavy (non-hydrogen) atoms. The lowest BCUT2D eigenvalue weighted by molar-refractivity contribution is -0.119. The summed E-state index contributed by atoms with van der Waals surface area (Å²) in [5, 5.41) is 6.20. The second-order valence-corrected chi connectivity index (χ2v) is 5.80. The van der Waals surface area contributed by atoms with E-state index < -0.39 is 0 Å². The number of amides is 1. The van der Waals surface area contributed by atoms with Crippen molar-refractivity contribution in [2.24, 2.45) is 5.92 Å². The first-order valence-electron chi connectivity index (χ1n) is 7.81. The molecule has 4 nitrogen and oxygen atoms in total. The first-order chi connectivity index (χ1) is 10.1. The summed E-state index contributed by atoms with van der Waals surface area (Å²) in [4.78, 5) is 12.1. The number of benzene rings is 1. The highest BCUT2D eigenvalue weighted by atomic mass is 16.5. The average Bonchev–Trinajstić information content (AvgIpc) is 2.44. The van der Waals surface area contributed by atoms with Crippen LogP contribution in [0, 0.1) is 5.92 Å². The second kappa shape index (κ2) is 7.57. The molecule has 0 saturated heterocycles. The molecule has 2 N–H and O–H groups in total. The third-order valence-electron chi connectivity index (χ3n) is 4.17. The van der Waals surface area contributed by atoms with Gasteiger partial charge in [0.25, 0.3) is 0 Å². The molecule has 1 atom stereocenters. The first-order valence-corrected chi connectivity index (χ1v) is 7.81. The first kappa shape index (κ1) is 16.0. The molecule has 116 valence electrons. The molecule has 1 aromatic rings. The molecule has 1 fully saturated rings. The maximum Gasteiger partial charge on any atom is 0.224 e. The summed E-state index contributed by atoms with van der Waals surface area (Å²) in [6, 6.07) is 8.29. The predicted molar refractivity (Wildman–Crippen MR) is 85.3 cm³/mol. The van der Waals surface area contributed by atoms with Crippen LogP contribution in [0.15, 0.2) is 24.3 Å². The number of ether oxygens (including phenoxy) is 1. The van der Waals surface area contributed by atoms with Gasteiger partial charge in [0, 0.05) is 24.8 Å². The molecule has 4 heteroatoms. The van der Waals surface area contributed by atoms with Gasteiger partial charge in [-0.25, -0.2) is 0 Å². The van der Waals surface area contributed by atoms with Crippen LogP contribution in [0.25, 0.3) is 0 Å². The van der Waals surface area contributed by atoms with Crippen molar-refractivity contribution in [1.82, 2.24) is 5.32 Å². The van der Waals surface area contributed by atoms with Crippen LogP contribution in [-0.4, -0.2) is 25.7 Å². The van der Waals surface area contributed by atoms with Crippen molar-refractivity contribution in [1.29, 1.82) is 0 Å². The standard InChI is InChI=1S/C17H26N2O2/c1-4-21-16-8-13(9-16)10-17(20)19-15-7-5-6-14(11-15)12(2)18-3/h5-7,11-13,16,18H,4,8-10H2,1-3H3,(H,19,20). The van der Waals surface area contributed by atoms with Gasteiger partial charge in [0.15, 0.2) is 0 Å². The SMILES string of the molecule is CCOC1CC(CC(=O)Nc2cccc(C(C)NC)c2)C1. The summed E-state index contributed by atoms with van der Waals surface area (Å²) in [5.74, 6) is 0.574. The molecule has 0 bridgehead atoms. The van der Waals surface area contributed by atoms with Gasteiger partial charge in [-0.1, -0.05) is 12.1 Å². The number of carbonyl (C=O) groups excluding carboxylic acids is 1. The minimum Gasteiger partial charge on any atom is -0.378 e. The van der Waals surface area contributed by atoms with E-state index in [0.29, 0.717) is 18.4 Å². The van der Waals surface area contributed by atoms with E-state index in [2.05, 4.69) is 23.6 Å². The van der Waals surface area contributed by atoms with Crippen LogP contribution in [0.4, 0.5) is 5.69 Å². The van der Waals surface area contributed by atoms with Gasteiger partial charge >= 0.3 is 0 Å². The zero-order valence-corrected chi connectivity index (χ0v) is 13.2. The summed E-state index contributed by atoms with van der Waals surface area (Å²) in [6.45, 7) is 4.88. The molecule has 0 aromatic heterocycles. The van der Waals surface area contributed by atoms with Gasteiger partial charge in [-0.3, -0.25) is 4.79 Å². The van der Waals surface area contributed by atoms with Crippen LogP contribution in [-0.2, 0) is 9.53 Å². The molecule has 1 saturated carbocycles. The Balaban J connectivity index is 1.80. The Morgan fingerprint density at radius 2 is 2.19 bits per heavy atom. The maximum absolute atomic E-state index is 12.1. The van der Waals surface area contributed by atoms with Crippen molar-refractivity contribution in [2.75, 3.05) is 19.0 Å². The van der Waals surface area contributed by atoms with Crippen molar-refractivity contribution in [3.63, 3.8) is 0 Å². The van der Waals surface area contributed by atoms with Gasteiger partial charge in [-0.2, -0.15) is 0 Å². The highest BCUT2D eigenvalue weighted by Gasteiger charge is 2.30. The molecule has 1 aliphatic rings. The molecule has 0 radical (unpaired) electrons. The third kappa shape index (κ3) is 4.55. The minimum absolute atomic E-state index is 0.101. The Kier molecular flexibility index (Phi) is 5.76. The summed E-state index contributed by atoms with van der Waals surface area (Å²) >= 11 is 0. The Hall–Kier alpha value is -1.39. The summed E-state index contributed by atoms with van der Waals surface area (Å²) in [7, 11) is 1.93. The van der Waals surface area contributed by atoms with E-state index in [1.165, 1.54) is 5.56 Å². The van der Waals surface area contributed by atoms with Gasteiger partial charge < -0.3 is 15.4 Å². The zero-order chi connectivity index (χ0) is 15.2. The van der Waals surface area contributed by atoms with Crippen LogP contribution < -0.4 is 10.6 Å². The number of hydrogen-bond donors (Lipinski definition) is 2. The van der Waals surface area contributed by atoms with E-state index in [1.807, 2.05) is 32.2 Å². The largest absolute Gasteiger partial charge is 0.378 e. The van der Waals surface area contributed by atoms with Crippen LogP contribution in [0.2, 0.25) is 0 Å². The predicted octanol–water partition coefficient (Wildman–Crippen LogP) is 3.11. The van der Waals surface area contributed by atoms with Crippen LogP contribution in [0.3, 0.4) is 0 Å². The Bertz CT molecular complexity index is 470. The number of carbonyl (C=O) groups is 1. The highest BCUT2D eigenvalue weighted by Crippen LogP contribution is 2.32. The van der Waals surface area contributed by atoms with E-state index in [0.717, 1.165) is 25.1 Å². The van der Waals surface area contributed by atoms with Gasteiger partial charge in [-0.15, -0.1) is 0 Å². The van der Waals surface area contributed by atoms with Crippen molar-refractivity contribution < 1.29 is 9.53 Å². The molecule has 2 rings (SSSR count). The maximum atomic E-state index is 12.1. The fourth-order valence-electron chi connectivity index (χ4n) is 2.74. The van der Waals surface area contributed by atoms with Crippen molar-refractivity contribution in [2.45, 2.75) is 45.3 Å². The van der Waals surface area contributed by atoms with E-state index in [1.54, 1.807) is 0 Å². The molecular formula is C17H26N2O2. The molecule has 1 aromatic carbocycles. The quantitative estimate of drug-likeness (QED) is 0.811. The number of hydrogen-bond acceptors (Lipinski definition) is 3. The molecule has 1 unspecified atom stereocenters. The molecule has 0 heterocycles. The van der Waals surface area contributed by atoms with Crippen molar-refractivity contribution in [3.05, 3.63) is 29.8 Å². The van der Waals surface area contributed by atoms with E-state index in [-0.39, 0.29) is 11.9 Å². The number of nitrogens with one attached hydrogen (secondary N) is 2. The van der Waals surface area contributed by atoms with Gasteiger partial charge in [0.1, 0.15) is 0 Å². The smallest absolute Gasteiger partial charge is 0.224 e. The average molecular weight is 290 g/mol. The number of rotatable bonds is 7. The lowest BCUT2D eigenvalue weighted by Crippen LogP contribution is -2.33. The van der Waals surface area contributed by atoms with E-state index >= 15 is 0 Å². The van der Waals surface area contributed by atoms with E-state index in [9.17, 15) is 4.79 Å². The normalized spacial score (nSPS) is 22.4. The Labute approximate surface area is 127 Å². The monoisotopic (exact) mass is 290 g/mol. The fraction of sp³-hybridized carbons (Fsp3) is 0.588.